The van der Waals surface area contributed by atoms with Gasteiger partial charge in [-0.1, -0.05) is 35.7 Å². The smallest absolute Gasteiger partial charge is 0.344 e. The topological polar surface area (TPSA) is 56.6 Å². The van der Waals surface area contributed by atoms with E-state index in [1.54, 1.807) is 6.20 Å². The Balaban J connectivity index is 1.25. The first-order chi connectivity index (χ1) is 16.1. The minimum atomic E-state index is -0.0371. The summed E-state index contributed by atoms with van der Waals surface area (Å²) < 4.78 is 4.52. The third-order valence-corrected chi connectivity index (χ3v) is 8.41. The highest BCUT2D eigenvalue weighted by Crippen LogP contribution is 2.41. The summed E-state index contributed by atoms with van der Waals surface area (Å²) in [5.74, 6) is 0.708. The van der Waals surface area contributed by atoms with Crippen LogP contribution in [0.5, 0.6) is 0 Å². The molecule has 3 saturated heterocycles. The minimum absolute atomic E-state index is 0.0371. The van der Waals surface area contributed by atoms with Gasteiger partial charge < -0.3 is 14.5 Å². The Bertz CT molecular complexity index is 983. The number of hydrogen-bond donors (Lipinski definition) is 1. The number of aromatic nitrogens is 2. The summed E-state index contributed by atoms with van der Waals surface area (Å²) in [6.07, 6.45) is 10.6. The number of amides is 1. The van der Waals surface area contributed by atoms with Crippen molar-refractivity contribution in [2.75, 3.05) is 48.6 Å². The number of nitrogens with zero attached hydrogens (tertiary/aromatic N) is 5. The summed E-state index contributed by atoms with van der Waals surface area (Å²) in [7, 11) is 0. The average molecular weight is 489 g/mol. The van der Waals surface area contributed by atoms with Gasteiger partial charge in [0, 0.05) is 56.8 Å². The number of halogens is 1. The fraction of sp³-hybridized carbons (Fsp3) is 0.583. The van der Waals surface area contributed by atoms with Crippen LogP contribution in [0.15, 0.2) is 30.5 Å². The summed E-state index contributed by atoms with van der Waals surface area (Å²) in [5.41, 5.74) is 2.58. The van der Waals surface area contributed by atoms with E-state index in [1.165, 1.54) is 53.6 Å². The summed E-state index contributed by atoms with van der Waals surface area (Å²) in [4.78, 5) is 20.0. The van der Waals surface area contributed by atoms with Gasteiger partial charge in [0.15, 0.2) is 5.82 Å². The lowest BCUT2D eigenvalue weighted by molar-refractivity contribution is 0.0585. The van der Waals surface area contributed by atoms with Crippen molar-refractivity contribution in [3.8, 4) is 0 Å². The second-order valence-corrected chi connectivity index (χ2v) is 10.4. The maximum Gasteiger partial charge on any atom is 0.344 e. The summed E-state index contributed by atoms with van der Waals surface area (Å²) in [6.45, 7) is 5.72. The fourth-order valence-corrected chi connectivity index (χ4v) is 6.38. The number of rotatable bonds is 5. The predicted molar refractivity (Wildman–Crippen MR) is 136 cm³/mol. The van der Waals surface area contributed by atoms with E-state index in [0.29, 0.717) is 5.82 Å². The molecule has 3 fully saturated rings. The number of benzene rings is 1. The van der Waals surface area contributed by atoms with Crippen molar-refractivity contribution in [1.29, 1.82) is 0 Å². The van der Waals surface area contributed by atoms with Crippen molar-refractivity contribution in [2.45, 2.75) is 50.6 Å². The number of hydrogen-bond acceptors (Lipinski definition) is 6. The molecule has 0 unspecified atom stereocenters. The number of carbonyl (C=O) groups excluding carboxylic acids is 1. The molecule has 1 spiro atoms. The van der Waals surface area contributed by atoms with E-state index in [0.717, 1.165) is 57.1 Å². The van der Waals surface area contributed by atoms with Gasteiger partial charge in [0.05, 0.1) is 10.7 Å². The lowest BCUT2D eigenvalue weighted by Crippen LogP contribution is -2.53. The lowest BCUT2D eigenvalue weighted by Gasteiger charge is -2.45. The second-order valence-electron chi connectivity index (χ2n) is 9.42. The highest BCUT2D eigenvalue weighted by molar-refractivity contribution is 7.99. The predicted octanol–water partition coefficient (Wildman–Crippen LogP) is 4.93. The zero-order valence-electron chi connectivity index (χ0n) is 19.3. The Morgan fingerprint density at radius 2 is 1.88 bits per heavy atom. The molecular formula is C24H33ClN6OS. The zero-order valence-corrected chi connectivity index (χ0v) is 20.9. The van der Waals surface area contributed by atoms with Gasteiger partial charge in [0.25, 0.3) is 0 Å². The van der Waals surface area contributed by atoms with Crippen molar-refractivity contribution in [3.05, 3.63) is 41.0 Å². The molecule has 0 radical (unpaired) electrons. The molecule has 0 saturated carbocycles. The van der Waals surface area contributed by atoms with Crippen LogP contribution in [-0.2, 0) is 6.54 Å². The standard InChI is InChI=1S/C24H33ClN6OS/c1-33-27-21-8-15-31(26-21)23(32)29-16-10-24(11-17-29)9-5-14-30(24)18-19-6-4-7-20(22(19)25)28-12-2-3-13-28/h4,6-8,15H,2-3,5,9-14,16-18H2,1H3,(H,26,27). The van der Waals surface area contributed by atoms with E-state index in [9.17, 15) is 4.79 Å². The normalized spacial score (nSPS) is 20.7. The fourth-order valence-electron chi connectivity index (χ4n) is 5.75. The number of carbonyl (C=O) groups is 1. The summed E-state index contributed by atoms with van der Waals surface area (Å²) in [6, 6.07) is 8.30. The van der Waals surface area contributed by atoms with Crippen LogP contribution in [-0.4, -0.2) is 70.1 Å². The van der Waals surface area contributed by atoms with Crippen LogP contribution < -0.4 is 9.62 Å². The lowest BCUT2D eigenvalue weighted by atomic mass is 9.84. The van der Waals surface area contributed by atoms with Crippen LogP contribution in [0.3, 0.4) is 0 Å². The molecule has 5 rings (SSSR count). The van der Waals surface area contributed by atoms with Crippen LogP contribution in [0.1, 0.15) is 44.1 Å². The molecule has 1 amide bonds. The van der Waals surface area contributed by atoms with E-state index in [-0.39, 0.29) is 11.6 Å². The summed E-state index contributed by atoms with van der Waals surface area (Å²) >= 11 is 8.38. The Labute approximate surface area is 205 Å². The molecule has 0 bridgehead atoms. The van der Waals surface area contributed by atoms with Crippen LogP contribution in [0.2, 0.25) is 5.02 Å². The van der Waals surface area contributed by atoms with Crippen LogP contribution in [0.25, 0.3) is 0 Å². The van der Waals surface area contributed by atoms with Gasteiger partial charge in [0.1, 0.15) is 0 Å². The van der Waals surface area contributed by atoms with Gasteiger partial charge in [-0.2, -0.15) is 4.68 Å². The SMILES string of the molecule is CSNc1ccn(C(=O)N2CCC3(CCCN3Cc3cccc(N4CCCC4)c3Cl)CC2)n1. The molecule has 33 heavy (non-hydrogen) atoms. The number of nitrogens with one attached hydrogen (secondary N) is 1. The minimum Gasteiger partial charge on any atom is -0.370 e. The monoisotopic (exact) mass is 488 g/mol. The van der Waals surface area contributed by atoms with Crippen molar-refractivity contribution >= 4 is 41.1 Å². The first-order valence-electron chi connectivity index (χ1n) is 12.0. The molecule has 4 heterocycles. The average Bonchev–Trinajstić information content (AvgIpc) is 3.58. The van der Waals surface area contributed by atoms with Crippen molar-refractivity contribution < 1.29 is 4.79 Å². The number of likely N-dealkylation sites (tertiary alicyclic amines) is 2. The molecule has 1 N–H and O–H groups in total. The molecule has 1 aromatic heterocycles. The highest BCUT2D eigenvalue weighted by Gasteiger charge is 2.44. The van der Waals surface area contributed by atoms with Gasteiger partial charge in [0.2, 0.25) is 0 Å². The number of anilines is 2. The van der Waals surface area contributed by atoms with E-state index in [1.807, 2.05) is 17.2 Å². The third kappa shape index (κ3) is 4.57. The largest absolute Gasteiger partial charge is 0.370 e. The van der Waals surface area contributed by atoms with Crippen LogP contribution in [0.4, 0.5) is 16.3 Å². The molecule has 0 atom stereocenters. The van der Waals surface area contributed by atoms with Crippen molar-refractivity contribution in [1.82, 2.24) is 19.6 Å². The Kier molecular flexibility index (Phi) is 6.77. The first kappa shape index (κ1) is 22.9. The molecule has 1 aromatic carbocycles. The first-order valence-corrected chi connectivity index (χ1v) is 13.6. The van der Waals surface area contributed by atoms with Crippen LogP contribution in [0, 0.1) is 0 Å². The van der Waals surface area contributed by atoms with E-state index < -0.39 is 0 Å². The highest BCUT2D eigenvalue weighted by atomic mass is 35.5. The van der Waals surface area contributed by atoms with Gasteiger partial charge >= 0.3 is 6.03 Å². The van der Waals surface area contributed by atoms with E-state index in [2.05, 4.69) is 37.8 Å². The van der Waals surface area contributed by atoms with Crippen LogP contribution >= 0.6 is 23.5 Å². The molecule has 3 aliphatic rings. The van der Waals surface area contributed by atoms with Gasteiger partial charge in [-0.05, 0) is 56.7 Å². The number of piperidine rings is 1. The Hall–Kier alpha value is -1.90. The summed E-state index contributed by atoms with van der Waals surface area (Å²) in [5, 5.41) is 5.27. The van der Waals surface area contributed by atoms with Crippen molar-refractivity contribution in [3.63, 3.8) is 0 Å². The van der Waals surface area contributed by atoms with Gasteiger partial charge in [-0.25, -0.2) is 4.79 Å². The third-order valence-electron chi connectivity index (χ3n) is 7.56. The molecule has 3 aliphatic heterocycles. The zero-order chi connectivity index (χ0) is 22.8. The molecule has 2 aromatic rings. The van der Waals surface area contributed by atoms with E-state index in [4.69, 9.17) is 11.6 Å². The molecule has 9 heteroatoms. The van der Waals surface area contributed by atoms with Gasteiger partial charge in [-0.15, -0.1) is 5.10 Å². The van der Waals surface area contributed by atoms with Gasteiger partial charge in [-0.3, -0.25) is 4.90 Å². The maximum atomic E-state index is 13.0. The maximum absolute atomic E-state index is 13.0. The van der Waals surface area contributed by atoms with E-state index >= 15 is 0 Å². The molecule has 178 valence electrons. The quantitative estimate of drug-likeness (QED) is 0.602. The Morgan fingerprint density at radius 3 is 2.64 bits per heavy atom. The molecular weight excluding hydrogens is 456 g/mol. The Morgan fingerprint density at radius 1 is 1.09 bits per heavy atom. The second kappa shape index (κ2) is 9.76. The molecule has 7 nitrogen and oxygen atoms in total. The van der Waals surface area contributed by atoms with Crippen molar-refractivity contribution in [2.24, 2.45) is 0 Å². The molecule has 0 aliphatic carbocycles.